The number of nitrogens with one attached hydrogen (secondary N) is 1. The van der Waals surface area contributed by atoms with Crippen molar-refractivity contribution >= 4 is 29.3 Å². The Balaban J connectivity index is 1.83. The van der Waals surface area contributed by atoms with Crippen molar-refractivity contribution in [1.82, 2.24) is 10.2 Å². The largest absolute Gasteiger partial charge is 0.378 e. The smallest absolute Gasteiger partial charge is 0.250 e. The van der Waals surface area contributed by atoms with E-state index < -0.39 is 0 Å². The summed E-state index contributed by atoms with van der Waals surface area (Å²) in [6, 6.07) is 9.66. The molecule has 1 amide bonds. The molecule has 4 nitrogen and oxygen atoms in total. The fourth-order valence-electron chi connectivity index (χ4n) is 1.73. The Morgan fingerprint density at radius 3 is 2.63 bits per heavy atom. The molecule has 1 saturated heterocycles. The highest BCUT2D eigenvalue weighted by Gasteiger charge is 2.14. The van der Waals surface area contributed by atoms with E-state index in [0.29, 0.717) is 18.3 Å². The molecule has 1 aromatic rings. The molecule has 1 fully saturated rings. The van der Waals surface area contributed by atoms with E-state index in [9.17, 15) is 4.79 Å². The third-order valence-corrected chi connectivity index (χ3v) is 3.12. The minimum Gasteiger partial charge on any atom is -0.378 e. The Morgan fingerprint density at radius 2 is 1.95 bits per heavy atom. The highest BCUT2D eigenvalue weighted by atomic mass is 32.1. The van der Waals surface area contributed by atoms with Crippen molar-refractivity contribution in [1.29, 1.82) is 0 Å². The topological polar surface area (TPSA) is 41.6 Å². The number of benzene rings is 1. The zero-order valence-corrected chi connectivity index (χ0v) is 11.4. The summed E-state index contributed by atoms with van der Waals surface area (Å²) in [4.78, 5) is 13.7. The molecule has 1 aliphatic heterocycles. The number of morpholine rings is 1. The number of rotatable bonds is 2. The van der Waals surface area contributed by atoms with Gasteiger partial charge in [-0.1, -0.05) is 30.3 Å². The SMILES string of the molecule is O=C(C=Cc1ccccc1)NC(=S)N1CCOCC1. The predicted molar refractivity (Wildman–Crippen MR) is 78.6 cm³/mol. The summed E-state index contributed by atoms with van der Waals surface area (Å²) in [5.74, 6) is -0.208. The number of carbonyl (C=O) groups excluding carboxylic acids is 1. The third kappa shape index (κ3) is 4.46. The van der Waals surface area contributed by atoms with Gasteiger partial charge in [0, 0.05) is 19.2 Å². The molecule has 0 spiro atoms. The number of hydrogen-bond donors (Lipinski definition) is 1. The van der Waals surface area contributed by atoms with Crippen LogP contribution in [0.25, 0.3) is 6.08 Å². The van der Waals surface area contributed by atoms with Crippen molar-refractivity contribution in [2.75, 3.05) is 26.3 Å². The molecular formula is C14H16N2O2S. The standard InChI is InChI=1S/C14H16N2O2S/c17-13(7-6-12-4-2-1-3-5-12)15-14(19)16-8-10-18-11-9-16/h1-7H,8-11H2,(H,15,17,19). The lowest BCUT2D eigenvalue weighted by Gasteiger charge is -2.28. The maximum Gasteiger partial charge on any atom is 0.250 e. The van der Waals surface area contributed by atoms with Gasteiger partial charge in [-0.05, 0) is 23.9 Å². The molecule has 0 saturated carbocycles. The van der Waals surface area contributed by atoms with Gasteiger partial charge in [0.15, 0.2) is 5.11 Å². The summed E-state index contributed by atoms with van der Waals surface area (Å²) in [5.41, 5.74) is 0.981. The molecule has 19 heavy (non-hydrogen) atoms. The van der Waals surface area contributed by atoms with Crippen LogP contribution in [-0.2, 0) is 9.53 Å². The van der Waals surface area contributed by atoms with E-state index in [0.717, 1.165) is 18.7 Å². The molecule has 1 aromatic carbocycles. The van der Waals surface area contributed by atoms with Crippen LogP contribution < -0.4 is 5.32 Å². The normalized spacial score (nSPS) is 15.5. The number of nitrogens with zero attached hydrogens (tertiary/aromatic N) is 1. The summed E-state index contributed by atoms with van der Waals surface area (Å²) in [7, 11) is 0. The molecule has 0 unspecified atom stereocenters. The first kappa shape index (κ1) is 13.7. The summed E-state index contributed by atoms with van der Waals surface area (Å²) >= 11 is 5.19. The number of amides is 1. The molecule has 0 radical (unpaired) electrons. The second-order valence-electron chi connectivity index (χ2n) is 4.14. The number of carbonyl (C=O) groups is 1. The summed E-state index contributed by atoms with van der Waals surface area (Å²) in [6.45, 7) is 2.74. The Morgan fingerprint density at radius 1 is 1.26 bits per heavy atom. The molecule has 100 valence electrons. The average Bonchev–Trinajstić information content (AvgIpc) is 2.47. The first-order valence-corrected chi connectivity index (χ1v) is 6.57. The first-order chi connectivity index (χ1) is 9.25. The Hall–Kier alpha value is -1.72. The molecule has 1 N–H and O–H groups in total. The van der Waals surface area contributed by atoms with E-state index in [4.69, 9.17) is 17.0 Å². The molecular weight excluding hydrogens is 260 g/mol. The first-order valence-electron chi connectivity index (χ1n) is 6.16. The van der Waals surface area contributed by atoms with Gasteiger partial charge in [0.1, 0.15) is 0 Å². The van der Waals surface area contributed by atoms with E-state index in [1.165, 1.54) is 6.08 Å². The van der Waals surface area contributed by atoms with Crippen LogP contribution in [0.3, 0.4) is 0 Å². The minimum absolute atomic E-state index is 0.208. The van der Waals surface area contributed by atoms with E-state index in [1.54, 1.807) is 6.08 Å². The third-order valence-electron chi connectivity index (χ3n) is 2.76. The monoisotopic (exact) mass is 276 g/mol. The molecule has 1 heterocycles. The summed E-state index contributed by atoms with van der Waals surface area (Å²) in [5, 5.41) is 3.16. The van der Waals surface area contributed by atoms with Crippen molar-refractivity contribution < 1.29 is 9.53 Å². The Bertz CT molecular complexity index is 468. The summed E-state index contributed by atoms with van der Waals surface area (Å²) < 4.78 is 5.23. The lowest BCUT2D eigenvalue weighted by molar-refractivity contribution is -0.115. The number of thiocarbonyl (C=S) groups is 1. The van der Waals surface area contributed by atoms with Crippen molar-refractivity contribution in [2.45, 2.75) is 0 Å². The summed E-state index contributed by atoms with van der Waals surface area (Å²) in [6.07, 6.45) is 3.25. The van der Waals surface area contributed by atoms with Gasteiger partial charge in [-0.2, -0.15) is 0 Å². The lowest BCUT2D eigenvalue weighted by atomic mass is 10.2. The second-order valence-corrected chi connectivity index (χ2v) is 4.52. The molecule has 0 atom stereocenters. The van der Waals surface area contributed by atoms with Gasteiger partial charge in [-0.3, -0.25) is 10.1 Å². The zero-order valence-electron chi connectivity index (χ0n) is 10.5. The quantitative estimate of drug-likeness (QED) is 0.655. The van der Waals surface area contributed by atoms with Gasteiger partial charge in [0.2, 0.25) is 5.91 Å². The highest BCUT2D eigenvalue weighted by Crippen LogP contribution is 2.01. The molecule has 5 heteroatoms. The van der Waals surface area contributed by atoms with Gasteiger partial charge >= 0.3 is 0 Å². The van der Waals surface area contributed by atoms with Crippen LogP contribution in [0, 0.1) is 0 Å². The molecule has 0 aliphatic carbocycles. The van der Waals surface area contributed by atoms with Crippen LogP contribution in [0.1, 0.15) is 5.56 Å². The van der Waals surface area contributed by atoms with Crippen LogP contribution in [0.4, 0.5) is 0 Å². The van der Waals surface area contributed by atoms with Crippen LogP contribution in [0.15, 0.2) is 36.4 Å². The van der Waals surface area contributed by atoms with Gasteiger partial charge in [-0.25, -0.2) is 0 Å². The van der Waals surface area contributed by atoms with E-state index in [-0.39, 0.29) is 5.91 Å². The van der Waals surface area contributed by atoms with Gasteiger partial charge in [-0.15, -0.1) is 0 Å². The number of ether oxygens (including phenoxy) is 1. The van der Waals surface area contributed by atoms with E-state index in [2.05, 4.69) is 5.32 Å². The second kappa shape index (κ2) is 7.01. The predicted octanol–water partition coefficient (Wildman–Crippen LogP) is 1.43. The van der Waals surface area contributed by atoms with Crippen LogP contribution >= 0.6 is 12.2 Å². The Labute approximate surface area is 118 Å². The maximum absolute atomic E-state index is 11.7. The average molecular weight is 276 g/mol. The van der Waals surface area contributed by atoms with E-state index >= 15 is 0 Å². The van der Waals surface area contributed by atoms with Gasteiger partial charge in [0.05, 0.1) is 13.2 Å². The molecule has 1 aliphatic rings. The van der Waals surface area contributed by atoms with Crippen LogP contribution in [0.5, 0.6) is 0 Å². The molecule has 0 aromatic heterocycles. The number of hydrogen-bond acceptors (Lipinski definition) is 3. The fraction of sp³-hybridized carbons (Fsp3) is 0.286. The van der Waals surface area contributed by atoms with E-state index in [1.807, 2.05) is 35.2 Å². The van der Waals surface area contributed by atoms with Crippen LogP contribution in [0.2, 0.25) is 0 Å². The minimum atomic E-state index is -0.208. The molecule has 0 bridgehead atoms. The lowest BCUT2D eigenvalue weighted by Crippen LogP contribution is -2.47. The van der Waals surface area contributed by atoms with Crippen molar-refractivity contribution in [3.05, 3.63) is 42.0 Å². The zero-order chi connectivity index (χ0) is 13.5. The van der Waals surface area contributed by atoms with Gasteiger partial charge < -0.3 is 9.64 Å². The highest BCUT2D eigenvalue weighted by molar-refractivity contribution is 7.80. The van der Waals surface area contributed by atoms with Crippen molar-refractivity contribution in [3.8, 4) is 0 Å². The fourth-order valence-corrected chi connectivity index (χ4v) is 2.01. The molecule has 2 rings (SSSR count). The Kier molecular flexibility index (Phi) is 5.06. The van der Waals surface area contributed by atoms with Crippen molar-refractivity contribution in [3.63, 3.8) is 0 Å². The maximum atomic E-state index is 11.7. The van der Waals surface area contributed by atoms with Gasteiger partial charge in [0.25, 0.3) is 0 Å². The van der Waals surface area contributed by atoms with Crippen molar-refractivity contribution in [2.24, 2.45) is 0 Å². The van der Waals surface area contributed by atoms with Crippen LogP contribution in [-0.4, -0.2) is 42.2 Å².